The summed E-state index contributed by atoms with van der Waals surface area (Å²) in [6.45, 7) is 4.08. The van der Waals surface area contributed by atoms with Gasteiger partial charge in [-0.2, -0.15) is 0 Å². The van der Waals surface area contributed by atoms with Crippen LogP contribution < -0.4 is 20.9 Å². The van der Waals surface area contributed by atoms with Gasteiger partial charge in [0.15, 0.2) is 0 Å². The van der Waals surface area contributed by atoms with E-state index in [0.29, 0.717) is 6.04 Å². The van der Waals surface area contributed by atoms with Gasteiger partial charge in [-0.15, -0.1) is 0 Å². The van der Waals surface area contributed by atoms with Crippen molar-refractivity contribution < 1.29 is 4.79 Å². The van der Waals surface area contributed by atoms with Crippen LogP contribution in [-0.2, 0) is 0 Å². The summed E-state index contributed by atoms with van der Waals surface area (Å²) in [7, 11) is 0. The van der Waals surface area contributed by atoms with Crippen LogP contribution in [0.5, 0.6) is 0 Å². The summed E-state index contributed by atoms with van der Waals surface area (Å²) >= 11 is 0. The molecule has 0 spiro atoms. The number of nitrogens with zero attached hydrogens (tertiary/aromatic N) is 1. The highest BCUT2D eigenvalue weighted by molar-refractivity contribution is 6.26. The zero-order chi connectivity index (χ0) is 17.5. The first-order chi connectivity index (χ1) is 12.8. The number of amides is 1. The summed E-state index contributed by atoms with van der Waals surface area (Å²) < 4.78 is 0. The molecule has 1 amide bonds. The average Bonchev–Trinajstić information content (AvgIpc) is 2.99. The third kappa shape index (κ3) is 2.58. The molecule has 136 valence electrons. The lowest BCUT2D eigenvalue weighted by molar-refractivity contribution is 0.0979. The Bertz CT molecular complexity index is 837. The summed E-state index contributed by atoms with van der Waals surface area (Å²) in [5.41, 5.74) is 3.11. The van der Waals surface area contributed by atoms with Crippen molar-refractivity contribution in [2.75, 3.05) is 36.4 Å². The lowest BCUT2D eigenvalue weighted by Crippen LogP contribution is -2.47. The van der Waals surface area contributed by atoms with E-state index >= 15 is 0 Å². The summed E-state index contributed by atoms with van der Waals surface area (Å²) in [6.07, 6.45) is 4.48. The van der Waals surface area contributed by atoms with Gasteiger partial charge in [0.25, 0.3) is 5.91 Å². The van der Waals surface area contributed by atoms with Gasteiger partial charge in [-0.3, -0.25) is 4.79 Å². The molecular weight excluding hydrogens is 324 g/mol. The summed E-state index contributed by atoms with van der Waals surface area (Å²) in [5.74, 6) is 0.165. The van der Waals surface area contributed by atoms with Gasteiger partial charge < -0.3 is 20.9 Å². The minimum atomic E-state index is 0.165. The van der Waals surface area contributed by atoms with Crippen molar-refractivity contribution in [1.82, 2.24) is 10.6 Å². The Morgan fingerprint density at radius 1 is 1.00 bits per heavy atom. The van der Waals surface area contributed by atoms with Crippen LogP contribution in [0.25, 0.3) is 10.8 Å². The third-order valence-corrected chi connectivity index (χ3v) is 6.06. The number of piperidine rings is 2. The normalized spacial score (nSPS) is 23.6. The molecule has 0 aromatic heterocycles. The topological polar surface area (TPSA) is 56.4 Å². The van der Waals surface area contributed by atoms with Gasteiger partial charge in [0.1, 0.15) is 0 Å². The number of hydrogen-bond acceptors (Lipinski definition) is 4. The Morgan fingerprint density at radius 2 is 1.88 bits per heavy atom. The molecule has 3 aliphatic rings. The number of carbonyl (C=O) groups is 1. The Morgan fingerprint density at radius 3 is 2.69 bits per heavy atom. The van der Waals surface area contributed by atoms with Crippen LogP contribution in [0.4, 0.5) is 11.4 Å². The lowest BCUT2D eigenvalue weighted by Gasteiger charge is -2.32. The maximum Gasteiger partial charge on any atom is 0.259 e. The molecule has 5 heteroatoms. The molecule has 1 unspecified atom stereocenters. The molecule has 0 saturated carbocycles. The van der Waals surface area contributed by atoms with Gasteiger partial charge in [-0.25, -0.2) is 0 Å². The molecule has 26 heavy (non-hydrogen) atoms. The summed E-state index contributed by atoms with van der Waals surface area (Å²) in [4.78, 5) is 15.2. The second-order valence-electron chi connectivity index (χ2n) is 7.70. The Kier molecular flexibility index (Phi) is 4.06. The van der Waals surface area contributed by atoms with Gasteiger partial charge in [0.2, 0.25) is 0 Å². The second-order valence-corrected chi connectivity index (χ2v) is 7.70. The van der Waals surface area contributed by atoms with E-state index < -0.39 is 0 Å². The molecule has 3 aliphatic heterocycles. The average molecular weight is 350 g/mol. The molecule has 0 aliphatic carbocycles. The molecule has 2 fully saturated rings. The number of carbonyl (C=O) groups excluding carboxylic acids is 1. The van der Waals surface area contributed by atoms with Crippen LogP contribution >= 0.6 is 0 Å². The standard InChI is InChI=1S/C21H26N4O/c26-21-17-5-1-4-16-18(24-14-8-11-22-12-9-14)6-7-19(20(16)17)25(21)15-3-2-10-23-13-15/h1,4-7,14-15,22-24H,2-3,8-13H2. The Hall–Kier alpha value is -2.11. The highest BCUT2D eigenvalue weighted by Crippen LogP contribution is 2.42. The van der Waals surface area contributed by atoms with Crippen LogP contribution in [0.15, 0.2) is 30.3 Å². The van der Waals surface area contributed by atoms with Gasteiger partial charge >= 0.3 is 0 Å². The Labute approximate surface area is 154 Å². The first kappa shape index (κ1) is 16.1. The van der Waals surface area contributed by atoms with Crippen LogP contribution in [0.3, 0.4) is 0 Å². The second kappa shape index (κ2) is 6.56. The van der Waals surface area contributed by atoms with Crippen molar-refractivity contribution in [3.63, 3.8) is 0 Å². The first-order valence-electron chi connectivity index (χ1n) is 9.90. The van der Waals surface area contributed by atoms with E-state index in [4.69, 9.17) is 0 Å². The Balaban J connectivity index is 1.54. The van der Waals surface area contributed by atoms with Crippen molar-refractivity contribution >= 4 is 28.1 Å². The zero-order valence-corrected chi connectivity index (χ0v) is 15.1. The predicted molar refractivity (Wildman–Crippen MR) is 106 cm³/mol. The predicted octanol–water partition coefficient (Wildman–Crippen LogP) is 2.72. The van der Waals surface area contributed by atoms with Crippen LogP contribution in [0, 0.1) is 0 Å². The number of benzene rings is 2. The maximum atomic E-state index is 13.1. The lowest BCUT2D eigenvalue weighted by atomic mass is 10.0. The fourth-order valence-electron chi connectivity index (χ4n) is 4.73. The SMILES string of the molecule is O=C1c2cccc3c(NC4CCNCC4)ccc(c23)N1C1CCCNC1. The molecule has 5 nitrogen and oxygen atoms in total. The molecule has 5 rings (SSSR count). The van der Waals surface area contributed by atoms with Crippen molar-refractivity contribution in [3.05, 3.63) is 35.9 Å². The largest absolute Gasteiger partial charge is 0.382 e. The smallest absolute Gasteiger partial charge is 0.259 e. The van der Waals surface area contributed by atoms with E-state index in [1.54, 1.807) is 0 Å². The van der Waals surface area contributed by atoms with E-state index in [-0.39, 0.29) is 11.9 Å². The molecule has 2 aromatic carbocycles. The van der Waals surface area contributed by atoms with Gasteiger partial charge in [-0.1, -0.05) is 12.1 Å². The van der Waals surface area contributed by atoms with Crippen molar-refractivity contribution in [2.45, 2.75) is 37.8 Å². The van der Waals surface area contributed by atoms with E-state index in [2.05, 4.69) is 34.1 Å². The molecule has 1 atom stereocenters. The van der Waals surface area contributed by atoms with Crippen LogP contribution in [-0.4, -0.2) is 44.2 Å². The summed E-state index contributed by atoms with van der Waals surface area (Å²) in [6, 6.07) is 11.2. The number of nitrogens with one attached hydrogen (secondary N) is 3. The number of anilines is 2. The fraction of sp³-hybridized carbons (Fsp3) is 0.476. The molecular formula is C21H26N4O. The maximum absolute atomic E-state index is 13.1. The molecule has 0 radical (unpaired) electrons. The van der Waals surface area contributed by atoms with E-state index in [1.807, 2.05) is 17.0 Å². The minimum Gasteiger partial charge on any atom is -0.382 e. The summed E-state index contributed by atoms with van der Waals surface area (Å²) in [5, 5.41) is 12.9. The van der Waals surface area contributed by atoms with Gasteiger partial charge in [0.05, 0.1) is 5.69 Å². The molecule has 3 N–H and O–H groups in total. The van der Waals surface area contributed by atoms with E-state index in [1.165, 1.54) is 5.39 Å². The van der Waals surface area contributed by atoms with Crippen molar-refractivity contribution in [1.29, 1.82) is 0 Å². The zero-order valence-electron chi connectivity index (χ0n) is 15.1. The number of rotatable bonds is 3. The van der Waals surface area contributed by atoms with Crippen LogP contribution in [0.1, 0.15) is 36.0 Å². The molecule has 2 saturated heterocycles. The van der Waals surface area contributed by atoms with Gasteiger partial charge in [0, 0.05) is 40.7 Å². The quantitative estimate of drug-likeness (QED) is 0.797. The molecule has 2 aromatic rings. The van der Waals surface area contributed by atoms with Gasteiger partial charge in [-0.05, 0) is 63.5 Å². The highest BCUT2D eigenvalue weighted by atomic mass is 16.2. The monoisotopic (exact) mass is 350 g/mol. The highest BCUT2D eigenvalue weighted by Gasteiger charge is 2.35. The fourth-order valence-corrected chi connectivity index (χ4v) is 4.73. The third-order valence-electron chi connectivity index (χ3n) is 6.06. The van der Waals surface area contributed by atoms with E-state index in [9.17, 15) is 4.79 Å². The van der Waals surface area contributed by atoms with E-state index in [0.717, 1.165) is 74.2 Å². The molecule has 0 bridgehead atoms. The first-order valence-corrected chi connectivity index (χ1v) is 9.90. The van der Waals surface area contributed by atoms with Crippen molar-refractivity contribution in [3.8, 4) is 0 Å². The van der Waals surface area contributed by atoms with Crippen LogP contribution in [0.2, 0.25) is 0 Å². The minimum absolute atomic E-state index is 0.165. The molecule has 3 heterocycles. The number of hydrogen-bond donors (Lipinski definition) is 3. The van der Waals surface area contributed by atoms with Crippen molar-refractivity contribution in [2.24, 2.45) is 0 Å².